The standard InChI is InChI=1S/C12H12ClNO3/c1-8(2)17-12(15)7-16-11-4-3-9(6-14)5-10(11)13/h3-5,8H,7H2,1-2H3. The number of benzene rings is 1. The minimum atomic E-state index is -0.458. The van der Waals surface area contributed by atoms with E-state index >= 15 is 0 Å². The maximum absolute atomic E-state index is 11.2. The number of carbonyl (C=O) groups excluding carboxylic acids is 1. The average Bonchev–Trinajstić information content (AvgIpc) is 2.26. The lowest BCUT2D eigenvalue weighted by atomic mass is 10.2. The molecule has 4 nitrogen and oxygen atoms in total. The van der Waals surface area contributed by atoms with Crippen LogP contribution in [0.4, 0.5) is 0 Å². The predicted octanol–water partition coefficient (Wildman–Crippen LogP) is 2.54. The van der Waals surface area contributed by atoms with Gasteiger partial charge < -0.3 is 9.47 Å². The molecule has 0 spiro atoms. The van der Waals surface area contributed by atoms with Crippen molar-refractivity contribution >= 4 is 17.6 Å². The molecule has 0 amide bonds. The van der Waals surface area contributed by atoms with Gasteiger partial charge in [0.15, 0.2) is 6.61 Å². The summed E-state index contributed by atoms with van der Waals surface area (Å²) in [6, 6.07) is 6.54. The number of halogens is 1. The van der Waals surface area contributed by atoms with Crippen LogP contribution in [0, 0.1) is 11.3 Å². The van der Waals surface area contributed by atoms with Crippen LogP contribution in [0.5, 0.6) is 5.75 Å². The van der Waals surface area contributed by atoms with Crippen LogP contribution in [0.15, 0.2) is 18.2 Å². The van der Waals surface area contributed by atoms with Crippen LogP contribution < -0.4 is 4.74 Å². The van der Waals surface area contributed by atoms with E-state index in [0.29, 0.717) is 16.3 Å². The normalized spacial score (nSPS) is 9.82. The van der Waals surface area contributed by atoms with Crippen LogP contribution in [0.1, 0.15) is 19.4 Å². The number of nitriles is 1. The second-order valence-corrected chi connectivity index (χ2v) is 3.99. The molecule has 0 bridgehead atoms. The number of carbonyl (C=O) groups is 1. The Hall–Kier alpha value is -1.73. The fraction of sp³-hybridized carbons (Fsp3) is 0.333. The number of hydrogen-bond donors (Lipinski definition) is 0. The SMILES string of the molecule is CC(C)OC(=O)COc1ccc(C#N)cc1Cl. The Bertz CT molecular complexity index is 452. The molecule has 17 heavy (non-hydrogen) atoms. The van der Waals surface area contributed by atoms with Gasteiger partial charge in [-0.1, -0.05) is 11.6 Å². The second-order valence-electron chi connectivity index (χ2n) is 3.58. The summed E-state index contributed by atoms with van der Waals surface area (Å²) in [6.07, 6.45) is -0.178. The van der Waals surface area contributed by atoms with Gasteiger partial charge in [-0.3, -0.25) is 0 Å². The minimum absolute atomic E-state index is 0.178. The molecular formula is C12H12ClNO3. The Morgan fingerprint density at radius 2 is 2.24 bits per heavy atom. The molecule has 0 aromatic heterocycles. The molecule has 90 valence electrons. The van der Waals surface area contributed by atoms with E-state index in [0.717, 1.165) is 0 Å². The number of nitrogens with zero attached hydrogens (tertiary/aromatic N) is 1. The fourth-order valence-corrected chi connectivity index (χ4v) is 1.36. The van der Waals surface area contributed by atoms with Crippen molar-refractivity contribution in [3.63, 3.8) is 0 Å². The van der Waals surface area contributed by atoms with Gasteiger partial charge in [0.25, 0.3) is 0 Å². The van der Waals surface area contributed by atoms with Gasteiger partial charge in [-0.25, -0.2) is 4.79 Å². The summed E-state index contributed by atoms with van der Waals surface area (Å²) in [5, 5.41) is 8.94. The van der Waals surface area contributed by atoms with Gasteiger partial charge in [-0.2, -0.15) is 5.26 Å². The Balaban J connectivity index is 2.58. The summed E-state index contributed by atoms with van der Waals surface area (Å²) in [7, 11) is 0. The molecule has 5 heteroatoms. The second kappa shape index (κ2) is 6.12. The van der Waals surface area contributed by atoms with Crippen molar-refractivity contribution in [3.8, 4) is 11.8 Å². The lowest BCUT2D eigenvalue weighted by molar-refractivity contribution is -0.149. The summed E-state index contributed by atoms with van der Waals surface area (Å²) >= 11 is 5.87. The van der Waals surface area contributed by atoms with Gasteiger partial charge >= 0.3 is 5.97 Å². The number of hydrogen-bond acceptors (Lipinski definition) is 4. The lowest BCUT2D eigenvalue weighted by Gasteiger charge is -2.10. The molecule has 1 aromatic rings. The van der Waals surface area contributed by atoms with Crippen molar-refractivity contribution in [2.75, 3.05) is 6.61 Å². The number of rotatable bonds is 4. The molecule has 0 saturated heterocycles. The average molecular weight is 254 g/mol. The molecule has 1 aromatic carbocycles. The quantitative estimate of drug-likeness (QED) is 0.774. The molecule has 1 rings (SSSR count). The zero-order valence-corrected chi connectivity index (χ0v) is 10.3. The molecule has 0 unspecified atom stereocenters. The molecule has 0 fully saturated rings. The van der Waals surface area contributed by atoms with Crippen molar-refractivity contribution in [2.45, 2.75) is 20.0 Å². The first kappa shape index (κ1) is 13.3. The predicted molar refractivity (Wildman–Crippen MR) is 62.9 cm³/mol. The van der Waals surface area contributed by atoms with Crippen molar-refractivity contribution in [1.82, 2.24) is 0 Å². The third kappa shape index (κ3) is 4.33. The highest BCUT2D eigenvalue weighted by Crippen LogP contribution is 2.25. The highest BCUT2D eigenvalue weighted by atomic mass is 35.5. The lowest BCUT2D eigenvalue weighted by Crippen LogP contribution is -2.18. The first-order chi connectivity index (χ1) is 8.02. The van der Waals surface area contributed by atoms with E-state index in [2.05, 4.69) is 0 Å². The summed E-state index contributed by atoms with van der Waals surface area (Å²) in [5.41, 5.74) is 0.437. The highest BCUT2D eigenvalue weighted by molar-refractivity contribution is 6.32. The molecule has 0 radical (unpaired) electrons. The Morgan fingerprint density at radius 1 is 1.53 bits per heavy atom. The van der Waals surface area contributed by atoms with E-state index in [1.807, 2.05) is 6.07 Å². The van der Waals surface area contributed by atoms with Gasteiger partial charge in [0.1, 0.15) is 5.75 Å². The summed E-state index contributed by atoms with van der Waals surface area (Å²) in [6.45, 7) is 3.31. The van der Waals surface area contributed by atoms with Gasteiger partial charge in [0.2, 0.25) is 0 Å². The van der Waals surface area contributed by atoms with Crippen LogP contribution in [0.25, 0.3) is 0 Å². The van der Waals surface area contributed by atoms with E-state index in [1.54, 1.807) is 26.0 Å². The van der Waals surface area contributed by atoms with E-state index in [4.69, 9.17) is 26.3 Å². The van der Waals surface area contributed by atoms with Gasteiger partial charge in [0.05, 0.1) is 22.8 Å². The fourth-order valence-electron chi connectivity index (χ4n) is 1.12. The Morgan fingerprint density at radius 3 is 2.76 bits per heavy atom. The van der Waals surface area contributed by atoms with Gasteiger partial charge in [0, 0.05) is 0 Å². The molecule has 0 aliphatic heterocycles. The zero-order chi connectivity index (χ0) is 12.8. The molecular weight excluding hydrogens is 242 g/mol. The smallest absolute Gasteiger partial charge is 0.344 e. The van der Waals surface area contributed by atoms with E-state index in [9.17, 15) is 4.79 Å². The van der Waals surface area contributed by atoms with Gasteiger partial charge in [-0.05, 0) is 32.0 Å². The van der Waals surface area contributed by atoms with Gasteiger partial charge in [-0.15, -0.1) is 0 Å². The minimum Gasteiger partial charge on any atom is -0.480 e. The van der Waals surface area contributed by atoms with Crippen molar-refractivity contribution in [3.05, 3.63) is 28.8 Å². The topological polar surface area (TPSA) is 59.3 Å². The molecule has 0 heterocycles. The molecule has 0 aliphatic carbocycles. The molecule has 0 aliphatic rings. The Labute approximate surface area is 105 Å². The van der Waals surface area contributed by atoms with E-state index < -0.39 is 5.97 Å². The largest absolute Gasteiger partial charge is 0.480 e. The van der Waals surface area contributed by atoms with E-state index in [-0.39, 0.29) is 12.7 Å². The van der Waals surface area contributed by atoms with Crippen molar-refractivity contribution < 1.29 is 14.3 Å². The summed E-state index contributed by atoms with van der Waals surface area (Å²) in [5.74, 6) is -0.105. The maximum atomic E-state index is 11.2. The van der Waals surface area contributed by atoms with Crippen molar-refractivity contribution in [2.24, 2.45) is 0 Å². The zero-order valence-electron chi connectivity index (χ0n) is 9.57. The van der Waals surface area contributed by atoms with Crippen LogP contribution in [-0.4, -0.2) is 18.7 Å². The van der Waals surface area contributed by atoms with Crippen LogP contribution >= 0.6 is 11.6 Å². The van der Waals surface area contributed by atoms with Crippen molar-refractivity contribution in [1.29, 1.82) is 5.26 Å². The first-order valence-electron chi connectivity index (χ1n) is 5.05. The first-order valence-corrected chi connectivity index (χ1v) is 5.42. The Kier molecular flexibility index (Phi) is 4.80. The number of ether oxygens (including phenoxy) is 2. The van der Waals surface area contributed by atoms with E-state index in [1.165, 1.54) is 6.07 Å². The van der Waals surface area contributed by atoms with Crippen LogP contribution in [0.2, 0.25) is 5.02 Å². The third-order valence-electron chi connectivity index (χ3n) is 1.77. The highest BCUT2D eigenvalue weighted by Gasteiger charge is 2.08. The monoisotopic (exact) mass is 253 g/mol. The molecule has 0 saturated carbocycles. The van der Waals surface area contributed by atoms with Crippen LogP contribution in [-0.2, 0) is 9.53 Å². The summed E-state index contributed by atoms with van der Waals surface area (Å²) < 4.78 is 10.1. The summed E-state index contributed by atoms with van der Waals surface area (Å²) in [4.78, 5) is 11.2. The maximum Gasteiger partial charge on any atom is 0.344 e. The molecule has 0 atom stereocenters. The third-order valence-corrected chi connectivity index (χ3v) is 2.07. The van der Waals surface area contributed by atoms with Crippen LogP contribution in [0.3, 0.4) is 0 Å². The number of esters is 1. The molecule has 0 N–H and O–H groups in total.